The van der Waals surface area contributed by atoms with Crippen LogP contribution >= 0.6 is 0 Å². The largest absolute Gasteiger partial charge is 0.345 e. The second kappa shape index (κ2) is 7.16. The van der Waals surface area contributed by atoms with Crippen molar-refractivity contribution in [1.29, 1.82) is 0 Å². The highest BCUT2D eigenvalue weighted by Gasteiger charge is 2.21. The number of nitrogens with zero attached hydrogens (tertiary/aromatic N) is 2. The summed E-state index contributed by atoms with van der Waals surface area (Å²) in [6.07, 6.45) is 4.45. The maximum atomic E-state index is 12.5. The average molecular weight is 345 g/mol. The van der Waals surface area contributed by atoms with Gasteiger partial charge in [0.25, 0.3) is 5.91 Å². The van der Waals surface area contributed by atoms with Crippen LogP contribution in [0.25, 0.3) is 5.69 Å². The number of hydrogen-bond acceptors (Lipinski definition) is 2. The van der Waals surface area contributed by atoms with E-state index in [4.69, 9.17) is 4.98 Å². The molecule has 4 nitrogen and oxygen atoms in total. The van der Waals surface area contributed by atoms with Gasteiger partial charge in [-0.3, -0.25) is 9.36 Å². The first-order valence-corrected chi connectivity index (χ1v) is 9.22. The van der Waals surface area contributed by atoms with Crippen LogP contribution in [0.5, 0.6) is 0 Å². The minimum Gasteiger partial charge on any atom is -0.345 e. The van der Waals surface area contributed by atoms with Gasteiger partial charge < -0.3 is 5.32 Å². The fourth-order valence-electron chi connectivity index (χ4n) is 3.64. The molecule has 132 valence electrons. The van der Waals surface area contributed by atoms with Gasteiger partial charge in [-0.05, 0) is 56.9 Å². The van der Waals surface area contributed by atoms with E-state index in [1.807, 2.05) is 49.4 Å². The number of aryl methyl sites for hydroxylation is 2. The minimum atomic E-state index is -0.0608. The van der Waals surface area contributed by atoms with Crippen LogP contribution in [0.15, 0.2) is 54.6 Å². The second-order valence-corrected chi connectivity index (χ2v) is 6.85. The third-order valence-corrected chi connectivity index (χ3v) is 4.90. The number of benzene rings is 2. The topological polar surface area (TPSA) is 46.9 Å². The highest BCUT2D eigenvalue weighted by Crippen LogP contribution is 2.25. The first-order valence-electron chi connectivity index (χ1n) is 9.22. The third-order valence-electron chi connectivity index (χ3n) is 4.90. The fraction of sp³-hybridized carbons (Fsp3) is 0.273. The molecule has 1 aliphatic carbocycles. The maximum Gasteiger partial charge on any atom is 0.251 e. The van der Waals surface area contributed by atoms with E-state index < -0.39 is 0 Å². The zero-order valence-corrected chi connectivity index (χ0v) is 15.0. The zero-order valence-electron chi connectivity index (χ0n) is 15.0. The van der Waals surface area contributed by atoms with E-state index in [0.29, 0.717) is 12.1 Å². The molecule has 0 saturated heterocycles. The van der Waals surface area contributed by atoms with Crippen LogP contribution in [-0.4, -0.2) is 15.5 Å². The van der Waals surface area contributed by atoms with Crippen molar-refractivity contribution in [3.63, 3.8) is 0 Å². The van der Waals surface area contributed by atoms with Gasteiger partial charge in [0.2, 0.25) is 0 Å². The van der Waals surface area contributed by atoms with Gasteiger partial charge in [-0.15, -0.1) is 0 Å². The molecule has 0 fully saturated rings. The van der Waals surface area contributed by atoms with Gasteiger partial charge in [0.05, 0.1) is 12.2 Å². The Hall–Kier alpha value is -2.88. The van der Waals surface area contributed by atoms with Crippen molar-refractivity contribution in [2.75, 3.05) is 0 Å². The summed E-state index contributed by atoms with van der Waals surface area (Å²) >= 11 is 0. The Morgan fingerprint density at radius 2 is 1.88 bits per heavy atom. The molecule has 1 aliphatic rings. The van der Waals surface area contributed by atoms with E-state index in [-0.39, 0.29) is 5.91 Å². The number of hydrogen-bond donors (Lipinski definition) is 1. The lowest BCUT2D eigenvalue weighted by molar-refractivity contribution is 0.0949. The number of amides is 1. The van der Waals surface area contributed by atoms with Crippen molar-refractivity contribution >= 4 is 5.91 Å². The van der Waals surface area contributed by atoms with E-state index >= 15 is 0 Å². The van der Waals surface area contributed by atoms with Crippen molar-refractivity contribution in [2.24, 2.45) is 0 Å². The second-order valence-electron chi connectivity index (χ2n) is 6.85. The summed E-state index contributed by atoms with van der Waals surface area (Å²) < 4.78 is 2.23. The monoisotopic (exact) mass is 345 g/mol. The number of carbonyl (C=O) groups is 1. The molecule has 2 aromatic carbocycles. The molecular weight excluding hydrogens is 322 g/mol. The number of carbonyl (C=O) groups excluding carboxylic acids is 1. The molecule has 0 radical (unpaired) electrons. The molecule has 26 heavy (non-hydrogen) atoms. The Bertz CT molecular complexity index is 928. The first-order chi connectivity index (χ1) is 12.7. The lowest BCUT2D eigenvalue weighted by Gasteiger charge is -2.15. The molecule has 1 amide bonds. The van der Waals surface area contributed by atoms with Gasteiger partial charge >= 0.3 is 0 Å². The SMILES string of the molecule is Cc1cccc(C(=O)NCc2nc3c(n2-c2ccccc2)CCCC3)c1. The van der Waals surface area contributed by atoms with Gasteiger partial charge in [-0.25, -0.2) is 4.98 Å². The van der Waals surface area contributed by atoms with Crippen LogP contribution in [0.2, 0.25) is 0 Å². The van der Waals surface area contributed by atoms with Crippen molar-refractivity contribution in [3.8, 4) is 5.69 Å². The Labute approximate surface area is 153 Å². The van der Waals surface area contributed by atoms with Crippen LogP contribution in [0, 0.1) is 6.92 Å². The molecule has 0 aliphatic heterocycles. The molecule has 0 atom stereocenters. The number of fused-ring (bicyclic) bond motifs is 1. The van der Waals surface area contributed by atoms with Crippen LogP contribution in [0.3, 0.4) is 0 Å². The maximum absolute atomic E-state index is 12.5. The van der Waals surface area contributed by atoms with Crippen LogP contribution in [-0.2, 0) is 19.4 Å². The molecule has 4 heteroatoms. The summed E-state index contributed by atoms with van der Waals surface area (Å²) in [4.78, 5) is 17.4. The Morgan fingerprint density at radius 3 is 2.69 bits per heavy atom. The number of para-hydroxylation sites is 1. The van der Waals surface area contributed by atoms with Crippen LogP contribution < -0.4 is 5.32 Å². The molecule has 1 heterocycles. The Kier molecular flexibility index (Phi) is 4.57. The minimum absolute atomic E-state index is 0.0608. The van der Waals surface area contributed by atoms with E-state index in [1.54, 1.807) is 0 Å². The number of rotatable bonds is 4. The molecule has 4 rings (SSSR count). The third kappa shape index (κ3) is 3.27. The zero-order chi connectivity index (χ0) is 17.9. The highest BCUT2D eigenvalue weighted by atomic mass is 16.1. The normalized spacial score (nSPS) is 13.3. The van der Waals surface area contributed by atoms with Gasteiger partial charge in [0, 0.05) is 16.9 Å². The number of imidazole rings is 1. The molecule has 1 N–H and O–H groups in total. The Morgan fingerprint density at radius 1 is 1.08 bits per heavy atom. The summed E-state index contributed by atoms with van der Waals surface area (Å²) in [6, 6.07) is 18.0. The molecule has 0 bridgehead atoms. The summed E-state index contributed by atoms with van der Waals surface area (Å²) in [6.45, 7) is 2.42. The lowest BCUT2D eigenvalue weighted by atomic mass is 10.0. The molecule has 0 unspecified atom stereocenters. The lowest BCUT2D eigenvalue weighted by Crippen LogP contribution is -2.24. The van der Waals surface area contributed by atoms with Crippen molar-refractivity contribution < 1.29 is 4.79 Å². The van der Waals surface area contributed by atoms with Crippen molar-refractivity contribution in [3.05, 3.63) is 82.9 Å². The van der Waals surface area contributed by atoms with Gasteiger partial charge in [0.15, 0.2) is 0 Å². The van der Waals surface area contributed by atoms with Gasteiger partial charge in [-0.1, -0.05) is 35.9 Å². The first kappa shape index (κ1) is 16.6. The van der Waals surface area contributed by atoms with Crippen molar-refractivity contribution in [1.82, 2.24) is 14.9 Å². The van der Waals surface area contributed by atoms with E-state index in [2.05, 4.69) is 22.0 Å². The molecule has 0 spiro atoms. The molecule has 1 aromatic heterocycles. The number of nitrogens with one attached hydrogen (secondary N) is 1. The summed E-state index contributed by atoms with van der Waals surface area (Å²) in [5.74, 6) is 0.846. The van der Waals surface area contributed by atoms with Crippen molar-refractivity contribution in [2.45, 2.75) is 39.2 Å². The number of aromatic nitrogens is 2. The van der Waals surface area contributed by atoms with E-state index in [1.165, 1.54) is 24.2 Å². The summed E-state index contributed by atoms with van der Waals surface area (Å²) in [5.41, 5.74) is 5.36. The average Bonchev–Trinajstić information content (AvgIpc) is 3.05. The summed E-state index contributed by atoms with van der Waals surface area (Å²) in [7, 11) is 0. The Balaban J connectivity index is 1.62. The van der Waals surface area contributed by atoms with Gasteiger partial charge in [0.1, 0.15) is 5.82 Å². The van der Waals surface area contributed by atoms with E-state index in [9.17, 15) is 4.79 Å². The van der Waals surface area contributed by atoms with Crippen LogP contribution in [0.4, 0.5) is 0 Å². The van der Waals surface area contributed by atoms with E-state index in [0.717, 1.165) is 29.9 Å². The molecule has 3 aromatic rings. The quantitative estimate of drug-likeness (QED) is 0.777. The predicted octanol–water partition coefficient (Wildman–Crippen LogP) is 3.99. The van der Waals surface area contributed by atoms with Crippen LogP contribution in [0.1, 0.15) is 46.0 Å². The standard InChI is InChI=1S/C22H23N3O/c1-16-8-7-9-17(14-16)22(26)23-15-21-24-19-12-5-6-13-20(19)25(21)18-10-3-2-4-11-18/h2-4,7-11,14H,5-6,12-13,15H2,1H3,(H,23,26). The fourth-order valence-corrected chi connectivity index (χ4v) is 3.64. The van der Waals surface area contributed by atoms with Gasteiger partial charge in [-0.2, -0.15) is 0 Å². The highest BCUT2D eigenvalue weighted by molar-refractivity contribution is 5.94. The predicted molar refractivity (Wildman–Crippen MR) is 103 cm³/mol. The smallest absolute Gasteiger partial charge is 0.251 e. The summed E-state index contributed by atoms with van der Waals surface area (Å²) in [5, 5.41) is 3.04. The molecular formula is C22H23N3O. The molecule has 0 saturated carbocycles.